The Morgan fingerprint density at radius 3 is 1.81 bits per heavy atom. The molecule has 0 saturated carbocycles. The van der Waals surface area contributed by atoms with Crippen molar-refractivity contribution >= 4 is 20.0 Å². The third kappa shape index (κ3) is 6.73. The number of aromatic nitrogens is 2. The normalized spacial score (nSPS) is 14.5. The summed E-state index contributed by atoms with van der Waals surface area (Å²) < 4.78 is 116. The largest absolute Gasteiger partial charge is 0.512 e. The molecule has 0 aliphatic rings. The molecule has 0 aliphatic heterocycles. The van der Waals surface area contributed by atoms with Gasteiger partial charge in [0.25, 0.3) is 0 Å². The molecule has 1 atom stereocenters. The summed E-state index contributed by atoms with van der Waals surface area (Å²) in [6.07, 6.45) is 3.80. The van der Waals surface area contributed by atoms with E-state index in [4.69, 9.17) is 4.74 Å². The summed E-state index contributed by atoms with van der Waals surface area (Å²) in [6, 6.07) is 0. The van der Waals surface area contributed by atoms with Gasteiger partial charge in [-0.15, -0.1) is 0 Å². The average molecular weight is 435 g/mol. The van der Waals surface area contributed by atoms with Gasteiger partial charge in [-0.3, -0.25) is 0 Å². The number of aryl methyl sites for hydroxylation is 1. The number of hydrogen-bond donors (Lipinski definition) is 1. The van der Waals surface area contributed by atoms with Crippen molar-refractivity contribution in [3.8, 4) is 0 Å². The summed E-state index contributed by atoms with van der Waals surface area (Å²) in [5.41, 5.74) is -12.3. The minimum Gasteiger partial charge on any atom is -0.371 e. The van der Waals surface area contributed by atoms with Crippen LogP contribution in [0.15, 0.2) is 12.4 Å². The third-order valence-electron chi connectivity index (χ3n) is 2.47. The molecule has 16 heteroatoms. The Kier molecular flexibility index (Phi) is 8.08. The van der Waals surface area contributed by atoms with Crippen molar-refractivity contribution < 1.29 is 47.9 Å². The molecule has 1 heterocycles. The van der Waals surface area contributed by atoms with E-state index >= 15 is 0 Å². The third-order valence-corrected chi connectivity index (χ3v) is 5.44. The summed E-state index contributed by atoms with van der Waals surface area (Å²) in [6.45, 7) is 4.72. The zero-order chi connectivity index (χ0) is 21.0. The first kappa shape index (κ1) is 24.6. The van der Waals surface area contributed by atoms with Gasteiger partial charge in [-0.05, 0) is 13.8 Å². The fourth-order valence-corrected chi connectivity index (χ4v) is 3.24. The molecule has 0 fully saturated rings. The van der Waals surface area contributed by atoms with E-state index in [1.807, 2.05) is 31.7 Å². The van der Waals surface area contributed by atoms with Gasteiger partial charge in [-0.2, -0.15) is 26.3 Å². The van der Waals surface area contributed by atoms with Crippen molar-refractivity contribution in [2.45, 2.75) is 31.0 Å². The maximum Gasteiger partial charge on any atom is 0.512 e. The molecule has 0 spiro atoms. The maximum atomic E-state index is 11.5. The Hall–Kier alpha value is -1.39. The van der Waals surface area contributed by atoms with Crippen LogP contribution in [0.4, 0.5) is 26.3 Å². The molecular formula is C10H15F6N3O5S2. The summed E-state index contributed by atoms with van der Waals surface area (Å²) in [4.78, 5) is 4.17. The number of halogens is 6. The zero-order valence-electron chi connectivity index (χ0n) is 13.5. The molecule has 8 nitrogen and oxygen atoms in total. The van der Waals surface area contributed by atoms with E-state index in [2.05, 4.69) is 4.98 Å². The molecule has 0 aliphatic carbocycles. The molecule has 0 amide bonds. The number of nitrogens with one attached hydrogen (secondary N) is 1. The number of imidazole rings is 1. The quantitative estimate of drug-likeness (QED) is 0.707. The van der Waals surface area contributed by atoms with Crippen molar-refractivity contribution in [1.82, 2.24) is 13.7 Å². The van der Waals surface area contributed by atoms with Crippen molar-refractivity contribution in [3.05, 3.63) is 18.2 Å². The Morgan fingerprint density at radius 2 is 1.54 bits per heavy atom. The first-order chi connectivity index (χ1) is 11.5. The number of ether oxygens (including phenoxy) is 1. The Morgan fingerprint density at radius 1 is 1.12 bits per heavy atom. The van der Waals surface area contributed by atoms with Crippen molar-refractivity contribution in [3.63, 3.8) is 0 Å². The van der Waals surface area contributed by atoms with Crippen LogP contribution in [0.5, 0.6) is 0 Å². The first-order valence-electron chi connectivity index (χ1n) is 6.46. The number of nitrogens with zero attached hydrogens (tertiary/aromatic N) is 2. The molecule has 0 aromatic carbocycles. The van der Waals surface area contributed by atoms with Crippen LogP contribution in [0.25, 0.3) is 0 Å². The van der Waals surface area contributed by atoms with E-state index in [-0.39, 0.29) is 6.10 Å². The highest BCUT2D eigenvalue weighted by Gasteiger charge is 2.55. The van der Waals surface area contributed by atoms with Crippen LogP contribution >= 0.6 is 0 Å². The monoisotopic (exact) mass is 435 g/mol. The van der Waals surface area contributed by atoms with Gasteiger partial charge in [-0.25, -0.2) is 21.8 Å². The van der Waals surface area contributed by atoms with E-state index in [0.29, 0.717) is 0 Å². The van der Waals surface area contributed by atoms with Gasteiger partial charge in [0, 0.05) is 26.0 Å². The lowest BCUT2D eigenvalue weighted by Gasteiger charge is -2.11. The predicted molar refractivity (Wildman–Crippen MR) is 76.3 cm³/mol. The Bertz CT molecular complexity index is 743. The van der Waals surface area contributed by atoms with Crippen molar-refractivity contribution in [1.29, 1.82) is 0 Å². The number of hydrogen-bond acceptors (Lipinski definition) is 6. The summed E-state index contributed by atoms with van der Waals surface area (Å²) in [7, 11) is -11.2. The standard InChI is InChI=1S/C8H14N2O.C2HF6NO4S2/c1-4-11-7(2)8-9-5-6-10(8)3;3-1(4,5)14(10,11)9-15(12,13)2(6,7)8/h5-7H,4H2,1-3H3;9H. The van der Waals surface area contributed by atoms with Gasteiger partial charge in [0.15, 0.2) is 0 Å². The van der Waals surface area contributed by atoms with Gasteiger partial charge < -0.3 is 9.30 Å². The van der Waals surface area contributed by atoms with Crippen LogP contribution < -0.4 is 4.13 Å². The van der Waals surface area contributed by atoms with Crippen LogP contribution in [0.2, 0.25) is 0 Å². The van der Waals surface area contributed by atoms with Gasteiger partial charge in [-0.1, -0.05) is 4.13 Å². The van der Waals surface area contributed by atoms with E-state index in [9.17, 15) is 43.2 Å². The minimum absolute atomic E-state index is 0.0972. The molecule has 154 valence electrons. The molecule has 26 heavy (non-hydrogen) atoms. The lowest BCUT2D eigenvalue weighted by Crippen LogP contribution is -2.45. The van der Waals surface area contributed by atoms with Crippen LogP contribution in [0, 0.1) is 0 Å². The Labute approximate surface area is 145 Å². The maximum absolute atomic E-state index is 11.5. The topological polar surface area (TPSA) is 107 Å². The number of sulfonamides is 2. The van der Waals surface area contributed by atoms with E-state index < -0.39 is 35.2 Å². The molecule has 0 radical (unpaired) electrons. The van der Waals surface area contributed by atoms with Crippen LogP contribution in [-0.2, 0) is 31.8 Å². The molecule has 1 N–H and O–H groups in total. The van der Waals surface area contributed by atoms with Gasteiger partial charge in [0.05, 0.1) is 0 Å². The van der Waals surface area contributed by atoms with E-state index in [1.165, 1.54) is 0 Å². The predicted octanol–water partition coefficient (Wildman–Crippen LogP) is 1.79. The highest BCUT2D eigenvalue weighted by molar-refractivity contribution is 8.05. The van der Waals surface area contributed by atoms with Gasteiger partial charge in [0.2, 0.25) is 0 Å². The fourth-order valence-electron chi connectivity index (χ4n) is 1.33. The molecule has 1 aromatic rings. The second-order valence-corrected chi connectivity index (χ2v) is 8.08. The lowest BCUT2D eigenvalue weighted by atomic mass is 10.4. The second kappa shape index (κ2) is 8.53. The summed E-state index contributed by atoms with van der Waals surface area (Å²) >= 11 is 0. The minimum atomic E-state index is -6.60. The van der Waals surface area contributed by atoms with E-state index in [1.54, 1.807) is 6.20 Å². The molecular weight excluding hydrogens is 420 g/mol. The number of rotatable bonds is 5. The summed E-state index contributed by atoms with van der Waals surface area (Å²) in [5, 5.41) is 0. The fraction of sp³-hybridized carbons (Fsp3) is 0.700. The van der Waals surface area contributed by atoms with Gasteiger partial charge >= 0.3 is 31.1 Å². The smallest absolute Gasteiger partial charge is 0.371 e. The van der Waals surface area contributed by atoms with Crippen molar-refractivity contribution in [2.24, 2.45) is 7.05 Å². The molecule has 0 bridgehead atoms. The first-order valence-corrected chi connectivity index (χ1v) is 9.43. The average Bonchev–Trinajstić information content (AvgIpc) is 2.82. The Balaban J connectivity index is 0.000000502. The van der Waals surface area contributed by atoms with Crippen molar-refractivity contribution in [2.75, 3.05) is 6.61 Å². The van der Waals surface area contributed by atoms with Crippen LogP contribution in [0.1, 0.15) is 25.8 Å². The SMILES string of the molecule is CCOC(C)c1nccn1C.O=S(=O)(NS(=O)(=O)C(F)(F)F)C(F)(F)F. The highest BCUT2D eigenvalue weighted by atomic mass is 32.3. The molecule has 1 unspecified atom stereocenters. The molecule has 1 rings (SSSR count). The lowest BCUT2D eigenvalue weighted by molar-refractivity contribution is -0.0476. The van der Waals surface area contributed by atoms with E-state index in [0.717, 1.165) is 12.4 Å². The van der Waals surface area contributed by atoms with Crippen LogP contribution in [-0.4, -0.2) is 44.0 Å². The van der Waals surface area contributed by atoms with Gasteiger partial charge in [0.1, 0.15) is 11.9 Å². The summed E-state index contributed by atoms with van der Waals surface area (Å²) in [5.74, 6) is 0.979. The molecule has 0 saturated heterocycles. The van der Waals surface area contributed by atoms with Crippen LogP contribution in [0.3, 0.4) is 0 Å². The second-order valence-electron chi connectivity index (χ2n) is 4.48. The zero-order valence-corrected chi connectivity index (χ0v) is 15.1. The molecule has 1 aromatic heterocycles. The number of alkyl halides is 6. The highest BCUT2D eigenvalue weighted by Crippen LogP contribution is 2.27.